The smallest absolute Gasteiger partial charge is 0.258 e. The minimum atomic E-state index is -0.725. The Labute approximate surface area is 165 Å². The van der Waals surface area contributed by atoms with Gasteiger partial charge in [-0.1, -0.05) is 17.7 Å². The monoisotopic (exact) mass is 407 g/mol. The van der Waals surface area contributed by atoms with Crippen LogP contribution in [0.4, 0.5) is 13.2 Å². The molecule has 1 aliphatic heterocycles. The molecule has 146 valence electrons. The van der Waals surface area contributed by atoms with Gasteiger partial charge in [0.2, 0.25) is 0 Å². The highest BCUT2D eigenvalue weighted by molar-refractivity contribution is 6.33. The fourth-order valence-electron chi connectivity index (χ4n) is 3.22. The first kappa shape index (κ1) is 19.9. The fraction of sp³-hybridized carbons (Fsp3) is 0.200. The van der Waals surface area contributed by atoms with Crippen molar-refractivity contribution in [3.05, 3.63) is 81.3 Å². The van der Waals surface area contributed by atoms with Gasteiger partial charge in [0.25, 0.3) is 5.91 Å². The maximum absolute atomic E-state index is 14.0. The van der Waals surface area contributed by atoms with Crippen molar-refractivity contribution in [1.82, 2.24) is 4.90 Å². The highest BCUT2D eigenvalue weighted by Gasteiger charge is 2.28. The lowest BCUT2D eigenvalue weighted by Gasteiger charge is -2.30. The van der Waals surface area contributed by atoms with Crippen LogP contribution >= 0.6 is 11.6 Å². The molecule has 2 N–H and O–H groups in total. The number of rotatable bonds is 3. The molecule has 3 rings (SSSR count). The average molecular weight is 408 g/mol. The molecule has 1 aliphatic rings. The standard InChI is InChI=1S/C20H17ClF3N3O/c1-26-19(11-7-12(22)9-13(23)8-11)14-5-6-27(10-17(14)25)20(28)18-15(21)3-2-4-16(18)24/h2-4,7-9H,5-6,10,25H2,1H3. The van der Waals surface area contributed by atoms with Gasteiger partial charge in [0.15, 0.2) is 0 Å². The first-order valence-corrected chi connectivity index (χ1v) is 8.84. The van der Waals surface area contributed by atoms with Gasteiger partial charge in [0.1, 0.15) is 17.5 Å². The number of carbonyl (C=O) groups excluding carboxylic acids is 1. The zero-order valence-electron chi connectivity index (χ0n) is 15.0. The van der Waals surface area contributed by atoms with Crippen LogP contribution in [-0.4, -0.2) is 36.7 Å². The first-order chi connectivity index (χ1) is 13.3. The number of hydrogen-bond acceptors (Lipinski definition) is 3. The van der Waals surface area contributed by atoms with E-state index < -0.39 is 23.4 Å². The molecule has 0 aromatic heterocycles. The Kier molecular flexibility index (Phi) is 5.74. The van der Waals surface area contributed by atoms with Crippen LogP contribution in [0.25, 0.3) is 0 Å². The van der Waals surface area contributed by atoms with Crippen molar-refractivity contribution in [1.29, 1.82) is 0 Å². The van der Waals surface area contributed by atoms with Gasteiger partial charge in [-0.25, -0.2) is 13.2 Å². The molecule has 0 radical (unpaired) electrons. The van der Waals surface area contributed by atoms with Crippen LogP contribution in [0.15, 0.2) is 52.7 Å². The Hall–Kier alpha value is -2.80. The summed E-state index contributed by atoms with van der Waals surface area (Å²) in [6.45, 7) is 0.256. The summed E-state index contributed by atoms with van der Waals surface area (Å²) in [7, 11) is 1.50. The number of halogens is 4. The van der Waals surface area contributed by atoms with Gasteiger partial charge in [0, 0.05) is 36.5 Å². The second-order valence-electron chi connectivity index (χ2n) is 6.31. The SMILES string of the molecule is CN=C(C1=C(N)CN(C(=O)c2c(F)cccc2Cl)CC1)c1cc(F)cc(F)c1. The van der Waals surface area contributed by atoms with E-state index in [2.05, 4.69) is 4.99 Å². The second-order valence-corrected chi connectivity index (χ2v) is 6.71. The number of nitrogens with two attached hydrogens (primary N) is 1. The van der Waals surface area contributed by atoms with Crippen LogP contribution in [0.1, 0.15) is 22.3 Å². The van der Waals surface area contributed by atoms with E-state index in [9.17, 15) is 18.0 Å². The van der Waals surface area contributed by atoms with E-state index >= 15 is 0 Å². The molecule has 2 aromatic rings. The lowest BCUT2D eigenvalue weighted by Crippen LogP contribution is -2.40. The third-order valence-electron chi connectivity index (χ3n) is 4.49. The van der Waals surface area contributed by atoms with Gasteiger partial charge < -0.3 is 10.6 Å². The van der Waals surface area contributed by atoms with E-state index in [1.807, 2.05) is 0 Å². The Morgan fingerprint density at radius 3 is 2.43 bits per heavy atom. The maximum atomic E-state index is 14.0. The average Bonchev–Trinajstić information content (AvgIpc) is 2.62. The van der Waals surface area contributed by atoms with E-state index in [0.717, 1.165) is 12.1 Å². The summed E-state index contributed by atoms with van der Waals surface area (Å²) < 4.78 is 41.2. The number of benzene rings is 2. The van der Waals surface area contributed by atoms with Gasteiger partial charge >= 0.3 is 0 Å². The predicted molar refractivity (Wildman–Crippen MR) is 102 cm³/mol. The molecule has 0 saturated carbocycles. The molecule has 4 nitrogen and oxygen atoms in total. The van der Waals surface area contributed by atoms with Gasteiger partial charge in [-0.3, -0.25) is 9.79 Å². The van der Waals surface area contributed by atoms with Crippen molar-refractivity contribution >= 4 is 23.2 Å². The zero-order valence-corrected chi connectivity index (χ0v) is 15.7. The molecule has 8 heteroatoms. The molecule has 0 atom stereocenters. The topological polar surface area (TPSA) is 58.7 Å². The van der Waals surface area contributed by atoms with Crippen molar-refractivity contribution < 1.29 is 18.0 Å². The van der Waals surface area contributed by atoms with Crippen LogP contribution < -0.4 is 5.73 Å². The van der Waals surface area contributed by atoms with Crippen molar-refractivity contribution in [3.63, 3.8) is 0 Å². The number of nitrogens with zero attached hydrogens (tertiary/aromatic N) is 2. The van der Waals surface area contributed by atoms with E-state index in [-0.39, 0.29) is 29.2 Å². The molecule has 28 heavy (non-hydrogen) atoms. The molecular formula is C20H17ClF3N3O. The molecule has 0 spiro atoms. The third-order valence-corrected chi connectivity index (χ3v) is 4.80. The van der Waals surface area contributed by atoms with E-state index in [1.54, 1.807) is 0 Å². The summed E-state index contributed by atoms with van der Waals surface area (Å²) in [4.78, 5) is 18.2. The second kappa shape index (κ2) is 8.06. The van der Waals surface area contributed by atoms with E-state index in [0.29, 0.717) is 23.4 Å². The molecule has 0 aliphatic carbocycles. The summed E-state index contributed by atoms with van der Waals surface area (Å²) in [5, 5.41) is 0.0180. The van der Waals surface area contributed by atoms with Gasteiger partial charge in [-0.15, -0.1) is 0 Å². The summed E-state index contributed by atoms with van der Waals surface area (Å²) in [6, 6.07) is 7.12. The maximum Gasteiger partial charge on any atom is 0.258 e. The molecule has 0 fully saturated rings. The number of carbonyl (C=O) groups is 1. The quantitative estimate of drug-likeness (QED) is 0.783. The highest BCUT2D eigenvalue weighted by atomic mass is 35.5. The summed E-state index contributed by atoms with van der Waals surface area (Å²) in [5.74, 6) is -2.73. The van der Waals surface area contributed by atoms with Crippen LogP contribution in [0.5, 0.6) is 0 Å². The summed E-state index contributed by atoms with van der Waals surface area (Å²) >= 11 is 5.97. The first-order valence-electron chi connectivity index (χ1n) is 8.46. The molecule has 0 saturated heterocycles. The Bertz CT molecular complexity index is 964. The normalized spacial score (nSPS) is 15.2. The zero-order chi connectivity index (χ0) is 20.4. The molecule has 0 bridgehead atoms. The largest absolute Gasteiger partial charge is 0.400 e. The van der Waals surface area contributed by atoms with Crippen molar-refractivity contribution in [2.75, 3.05) is 20.1 Å². The molecular weight excluding hydrogens is 391 g/mol. The minimum Gasteiger partial charge on any atom is -0.400 e. The molecule has 1 heterocycles. The molecule has 0 unspecified atom stereocenters. The fourth-order valence-corrected chi connectivity index (χ4v) is 3.46. The van der Waals surface area contributed by atoms with Crippen molar-refractivity contribution in [2.24, 2.45) is 10.7 Å². The van der Waals surface area contributed by atoms with Crippen LogP contribution in [0.3, 0.4) is 0 Å². The Morgan fingerprint density at radius 1 is 1.18 bits per heavy atom. The van der Waals surface area contributed by atoms with Crippen LogP contribution in [0, 0.1) is 17.5 Å². The van der Waals surface area contributed by atoms with E-state index in [1.165, 1.54) is 36.2 Å². The van der Waals surface area contributed by atoms with Crippen LogP contribution in [0.2, 0.25) is 5.02 Å². The van der Waals surface area contributed by atoms with Gasteiger partial charge in [-0.05, 0) is 30.7 Å². The Morgan fingerprint density at radius 2 is 1.86 bits per heavy atom. The predicted octanol–water partition coefficient (Wildman–Crippen LogP) is 3.94. The van der Waals surface area contributed by atoms with Gasteiger partial charge in [-0.2, -0.15) is 0 Å². The summed E-state index contributed by atoms with van der Waals surface area (Å²) in [5.41, 5.74) is 7.45. The molecule has 2 aromatic carbocycles. The van der Waals surface area contributed by atoms with Crippen molar-refractivity contribution in [3.8, 4) is 0 Å². The Balaban J connectivity index is 1.90. The lowest BCUT2D eigenvalue weighted by molar-refractivity contribution is 0.0759. The van der Waals surface area contributed by atoms with E-state index in [4.69, 9.17) is 17.3 Å². The molecule has 1 amide bonds. The summed E-state index contributed by atoms with van der Waals surface area (Å²) in [6.07, 6.45) is 0.300. The number of aliphatic imine (C=N–C) groups is 1. The number of amides is 1. The number of hydrogen-bond donors (Lipinski definition) is 1. The van der Waals surface area contributed by atoms with Crippen molar-refractivity contribution in [2.45, 2.75) is 6.42 Å². The van der Waals surface area contributed by atoms with Gasteiger partial charge in [0.05, 0.1) is 22.8 Å². The minimum absolute atomic E-state index is 0.0180. The van der Waals surface area contributed by atoms with Crippen LogP contribution in [-0.2, 0) is 0 Å². The third kappa shape index (κ3) is 3.89. The lowest BCUT2D eigenvalue weighted by atomic mass is 9.94. The highest BCUT2D eigenvalue weighted by Crippen LogP contribution is 2.26.